The molecule has 134 valence electrons. The molecule has 5 rings (SSSR count). The molecule has 5 heteroatoms. The van der Waals surface area contributed by atoms with Crippen LogP contribution >= 0.6 is 0 Å². The van der Waals surface area contributed by atoms with E-state index in [-0.39, 0.29) is 5.78 Å². The number of aryl methyl sites for hydroxylation is 1. The molecule has 2 aromatic carbocycles. The Labute approximate surface area is 157 Å². The lowest BCUT2D eigenvalue weighted by molar-refractivity contribution is 0.0887. The second-order valence-corrected chi connectivity index (χ2v) is 7.63. The van der Waals surface area contributed by atoms with Crippen LogP contribution in [0.2, 0.25) is 0 Å². The van der Waals surface area contributed by atoms with Crippen LogP contribution in [0.5, 0.6) is 0 Å². The Morgan fingerprint density at radius 1 is 1.11 bits per heavy atom. The van der Waals surface area contributed by atoms with E-state index in [1.165, 1.54) is 0 Å². The van der Waals surface area contributed by atoms with Gasteiger partial charge in [-0.2, -0.15) is 0 Å². The molecule has 0 saturated carbocycles. The van der Waals surface area contributed by atoms with Crippen LogP contribution in [-0.2, 0) is 0 Å². The predicted molar refractivity (Wildman–Crippen MR) is 109 cm³/mol. The summed E-state index contributed by atoms with van der Waals surface area (Å²) in [7, 11) is 0. The van der Waals surface area contributed by atoms with Gasteiger partial charge in [0.15, 0.2) is 5.78 Å². The minimum atomic E-state index is -0.574. The van der Waals surface area contributed by atoms with E-state index in [0.29, 0.717) is 5.82 Å². The number of nitrogens with two attached hydrogens (primary N) is 1. The highest BCUT2D eigenvalue weighted by atomic mass is 16.1. The SMILES string of the molecule is Cc1ccc2c(c1)C(=O)[C@]1(C)CCN(c3ccc4nc(N)ccc4c3)C1=N2. The quantitative estimate of drug-likeness (QED) is 0.707. The molecule has 1 saturated heterocycles. The number of ketones is 1. The van der Waals surface area contributed by atoms with Crippen LogP contribution in [0.4, 0.5) is 17.2 Å². The standard InChI is InChI=1S/C22H20N4O/c1-13-3-6-18-16(11-13)20(27)22(2)9-10-26(21(22)25-18)15-5-7-17-14(12-15)4-8-19(23)24-17/h3-8,11-12H,9-10H2,1-2H3,(H2,23,24)/t22-/m0/s1. The summed E-state index contributed by atoms with van der Waals surface area (Å²) in [6.45, 7) is 4.79. The first kappa shape index (κ1) is 16.0. The molecule has 0 radical (unpaired) electrons. The predicted octanol–water partition coefficient (Wildman–Crippen LogP) is 4.27. The van der Waals surface area contributed by atoms with E-state index in [2.05, 4.69) is 16.0 Å². The van der Waals surface area contributed by atoms with E-state index in [9.17, 15) is 4.79 Å². The monoisotopic (exact) mass is 356 g/mol. The third kappa shape index (κ3) is 2.28. The third-order valence-corrected chi connectivity index (χ3v) is 5.71. The van der Waals surface area contributed by atoms with Crippen LogP contribution in [-0.4, -0.2) is 23.1 Å². The molecule has 5 nitrogen and oxygen atoms in total. The van der Waals surface area contributed by atoms with Crippen LogP contribution in [0.15, 0.2) is 53.5 Å². The molecular weight excluding hydrogens is 336 g/mol. The van der Waals surface area contributed by atoms with Gasteiger partial charge in [-0.1, -0.05) is 11.6 Å². The number of fused-ring (bicyclic) bond motifs is 3. The first-order valence-corrected chi connectivity index (χ1v) is 9.14. The second kappa shape index (κ2) is 5.39. The summed E-state index contributed by atoms with van der Waals surface area (Å²) in [5.74, 6) is 1.52. The molecule has 0 spiro atoms. The minimum absolute atomic E-state index is 0.170. The largest absolute Gasteiger partial charge is 0.384 e. The van der Waals surface area contributed by atoms with Crippen molar-refractivity contribution >= 4 is 39.7 Å². The molecule has 1 atom stereocenters. The maximum Gasteiger partial charge on any atom is 0.178 e. The van der Waals surface area contributed by atoms with Crippen LogP contribution in [0, 0.1) is 12.3 Å². The van der Waals surface area contributed by atoms with Gasteiger partial charge in [-0.15, -0.1) is 0 Å². The van der Waals surface area contributed by atoms with Crippen LogP contribution < -0.4 is 10.6 Å². The summed E-state index contributed by atoms with van der Waals surface area (Å²) >= 11 is 0. The van der Waals surface area contributed by atoms with Gasteiger partial charge in [0, 0.05) is 23.2 Å². The number of Topliss-reactive ketones (excluding diaryl/α,β-unsaturated/α-hetero) is 1. The Hall–Kier alpha value is -3.21. The maximum atomic E-state index is 13.3. The van der Waals surface area contributed by atoms with E-state index in [0.717, 1.165) is 52.2 Å². The van der Waals surface area contributed by atoms with Crippen molar-refractivity contribution in [2.45, 2.75) is 20.3 Å². The smallest absolute Gasteiger partial charge is 0.178 e. The molecule has 0 amide bonds. The fourth-order valence-electron chi connectivity index (χ4n) is 4.14. The second-order valence-electron chi connectivity index (χ2n) is 7.63. The molecule has 3 heterocycles. The van der Waals surface area contributed by atoms with Crippen molar-refractivity contribution in [2.24, 2.45) is 10.4 Å². The zero-order valence-electron chi connectivity index (χ0n) is 15.4. The average molecular weight is 356 g/mol. The molecule has 27 heavy (non-hydrogen) atoms. The lowest BCUT2D eigenvalue weighted by atomic mass is 9.78. The summed E-state index contributed by atoms with van der Waals surface area (Å²) < 4.78 is 0. The zero-order chi connectivity index (χ0) is 18.8. The Balaban J connectivity index is 1.64. The lowest BCUT2D eigenvalue weighted by Gasteiger charge is -2.31. The molecule has 1 aromatic heterocycles. The number of nitrogen functional groups attached to an aromatic ring is 1. The number of hydrogen-bond donors (Lipinski definition) is 1. The van der Waals surface area contributed by atoms with Crippen molar-refractivity contribution in [3.05, 3.63) is 59.7 Å². The van der Waals surface area contributed by atoms with E-state index in [1.54, 1.807) is 6.07 Å². The lowest BCUT2D eigenvalue weighted by Crippen LogP contribution is -2.40. The van der Waals surface area contributed by atoms with Gasteiger partial charge in [0.2, 0.25) is 0 Å². The summed E-state index contributed by atoms with van der Waals surface area (Å²) in [5, 5.41) is 1.02. The summed E-state index contributed by atoms with van der Waals surface area (Å²) in [6, 6.07) is 15.8. The molecule has 1 fully saturated rings. The normalized spacial score (nSPS) is 21.2. The van der Waals surface area contributed by atoms with E-state index < -0.39 is 5.41 Å². The van der Waals surface area contributed by atoms with Crippen molar-refractivity contribution in [1.82, 2.24) is 4.98 Å². The molecule has 3 aromatic rings. The molecule has 0 aliphatic carbocycles. The van der Waals surface area contributed by atoms with E-state index in [1.807, 2.05) is 50.2 Å². The van der Waals surface area contributed by atoms with Crippen molar-refractivity contribution in [3.63, 3.8) is 0 Å². The zero-order valence-corrected chi connectivity index (χ0v) is 15.4. The topological polar surface area (TPSA) is 71.6 Å². The molecule has 2 aliphatic heterocycles. The van der Waals surface area contributed by atoms with E-state index >= 15 is 0 Å². The molecule has 2 aliphatic rings. The highest BCUT2D eigenvalue weighted by molar-refractivity contribution is 6.25. The van der Waals surface area contributed by atoms with Gasteiger partial charge in [0.25, 0.3) is 0 Å². The van der Waals surface area contributed by atoms with Gasteiger partial charge >= 0.3 is 0 Å². The first-order chi connectivity index (χ1) is 13.0. The fourth-order valence-corrected chi connectivity index (χ4v) is 4.14. The molecule has 0 unspecified atom stereocenters. The number of carbonyl (C=O) groups is 1. The number of hydrogen-bond acceptors (Lipinski definition) is 5. The Morgan fingerprint density at radius 2 is 1.96 bits per heavy atom. The number of amidine groups is 1. The van der Waals surface area contributed by atoms with Gasteiger partial charge < -0.3 is 10.6 Å². The van der Waals surface area contributed by atoms with Crippen LogP contribution in [0.3, 0.4) is 0 Å². The molecular formula is C22H20N4O. The average Bonchev–Trinajstić information content (AvgIpc) is 3.00. The summed E-state index contributed by atoms with van der Waals surface area (Å²) in [6.07, 6.45) is 0.760. The Morgan fingerprint density at radius 3 is 2.81 bits per heavy atom. The number of rotatable bonds is 1. The Bertz CT molecular complexity index is 1150. The third-order valence-electron chi connectivity index (χ3n) is 5.71. The van der Waals surface area contributed by atoms with Crippen LogP contribution in [0.25, 0.3) is 10.9 Å². The number of pyridine rings is 1. The number of aromatic nitrogens is 1. The van der Waals surface area contributed by atoms with Crippen LogP contribution in [0.1, 0.15) is 29.3 Å². The van der Waals surface area contributed by atoms with Crippen molar-refractivity contribution in [1.29, 1.82) is 0 Å². The minimum Gasteiger partial charge on any atom is -0.384 e. The number of aliphatic imine (C=N–C) groups is 1. The Kier molecular flexibility index (Phi) is 3.20. The van der Waals surface area contributed by atoms with Gasteiger partial charge in [-0.05, 0) is 62.7 Å². The highest BCUT2D eigenvalue weighted by Crippen LogP contribution is 2.45. The van der Waals surface area contributed by atoms with Crippen molar-refractivity contribution in [3.8, 4) is 0 Å². The molecule has 0 bridgehead atoms. The fraction of sp³-hybridized carbons (Fsp3) is 0.227. The number of carbonyl (C=O) groups excluding carboxylic acids is 1. The number of nitrogens with zero attached hydrogens (tertiary/aromatic N) is 3. The van der Waals surface area contributed by atoms with Crippen molar-refractivity contribution in [2.75, 3.05) is 17.2 Å². The van der Waals surface area contributed by atoms with Gasteiger partial charge in [0.05, 0.1) is 16.6 Å². The summed E-state index contributed by atoms with van der Waals surface area (Å²) in [5.41, 5.74) is 9.68. The van der Waals surface area contributed by atoms with Gasteiger partial charge in [-0.25, -0.2) is 9.98 Å². The highest BCUT2D eigenvalue weighted by Gasteiger charge is 2.49. The maximum absolute atomic E-state index is 13.3. The first-order valence-electron chi connectivity index (χ1n) is 9.14. The molecule has 2 N–H and O–H groups in total. The van der Waals surface area contributed by atoms with Gasteiger partial charge in [0.1, 0.15) is 11.7 Å². The number of benzene rings is 2. The van der Waals surface area contributed by atoms with Gasteiger partial charge in [-0.3, -0.25) is 4.79 Å². The van der Waals surface area contributed by atoms with Crippen molar-refractivity contribution < 1.29 is 4.79 Å². The number of anilines is 2. The summed E-state index contributed by atoms with van der Waals surface area (Å²) in [4.78, 5) is 24.7. The van der Waals surface area contributed by atoms with E-state index in [4.69, 9.17) is 10.7 Å².